The molecule has 0 saturated carbocycles. The van der Waals surface area contributed by atoms with E-state index in [0.717, 1.165) is 0 Å². The minimum absolute atomic E-state index is 0.00956. The quantitative estimate of drug-likeness (QED) is 0.447. The Labute approximate surface area is 81.8 Å². The summed E-state index contributed by atoms with van der Waals surface area (Å²) in [5.74, 6) is 0. The molecule has 0 spiro atoms. The first-order valence-corrected chi connectivity index (χ1v) is 4.27. The summed E-state index contributed by atoms with van der Waals surface area (Å²) in [6.07, 6.45) is 1.76. The second kappa shape index (κ2) is 4.13. The smallest absolute Gasteiger partial charge is 0.0801 e. The fourth-order valence-electron chi connectivity index (χ4n) is 0.960. The third-order valence-corrected chi connectivity index (χ3v) is 1.95. The van der Waals surface area contributed by atoms with Crippen molar-refractivity contribution in [1.82, 2.24) is 9.78 Å². The van der Waals surface area contributed by atoms with Crippen molar-refractivity contribution in [2.24, 2.45) is 5.11 Å². The molecule has 0 unspecified atom stereocenters. The molecule has 6 nitrogen and oxygen atoms in total. The third kappa shape index (κ3) is 2.25. The Hall–Kier alpha value is -1.52. The van der Waals surface area contributed by atoms with Crippen molar-refractivity contribution in [3.05, 3.63) is 28.4 Å². The number of rotatable bonds is 4. The molecule has 14 heavy (non-hydrogen) atoms. The molecular formula is C8H13N5O. The molecule has 1 N–H and O–H groups in total. The Morgan fingerprint density at radius 2 is 2.43 bits per heavy atom. The van der Waals surface area contributed by atoms with Crippen LogP contribution in [0.5, 0.6) is 0 Å². The van der Waals surface area contributed by atoms with E-state index in [1.54, 1.807) is 16.9 Å². The predicted octanol–water partition coefficient (Wildman–Crippen LogP) is 1.42. The summed E-state index contributed by atoms with van der Waals surface area (Å²) in [5, 5.41) is 16.7. The zero-order valence-electron chi connectivity index (χ0n) is 8.25. The van der Waals surface area contributed by atoms with E-state index in [4.69, 9.17) is 10.6 Å². The highest BCUT2D eigenvalue weighted by atomic mass is 16.3. The zero-order chi connectivity index (χ0) is 10.6. The number of hydrogen-bond acceptors (Lipinski definition) is 3. The van der Waals surface area contributed by atoms with Crippen molar-refractivity contribution in [1.29, 1.82) is 0 Å². The summed E-state index contributed by atoms with van der Waals surface area (Å²) >= 11 is 0. The van der Waals surface area contributed by atoms with Gasteiger partial charge in [0.15, 0.2) is 0 Å². The van der Waals surface area contributed by atoms with Gasteiger partial charge in [-0.3, -0.25) is 4.68 Å². The summed E-state index contributed by atoms with van der Waals surface area (Å²) in [6, 6.07) is 1.77. The van der Waals surface area contributed by atoms with Crippen LogP contribution in [0.2, 0.25) is 0 Å². The van der Waals surface area contributed by atoms with Crippen LogP contribution in [-0.2, 0) is 12.1 Å². The molecule has 0 saturated heterocycles. The maximum Gasteiger partial charge on any atom is 0.0801 e. The van der Waals surface area contributed by atoms with E-state index >= 15 is 0 Å². The molecule has 1 rings (SSSR count). The Morgan fingerprint density at radius 1 is 1.71 bits per heavy atom. The van der Waals surface area contributed by atoms with E-state index in [1.165, 1.54) is 0 Å². The van der Waals surface area contributed by atoms with Gasteiger partial charge in [0.25, 0.3) is 0 Å². The van der Waals surface area contributed by atoms with Crippen molar-refractivity contribution < 1.29 is 5.11 Å². The highest BCUT2D eigenvalue weighted by Gasteiger charge is 2.19. The standard InChI is InChI=1S/C8H13N5O/c1-8(2,6-14)13-4-3-7(11-13)5-10-12-9/h3-4,14H,5-6H2,1-2H3. The van der Waals surface area contributed by atoms with Crippen molar-refractivity contribution >= 4 is 0 Å². The van der Waals surface area contributed by atoms with Gasteiger partial charge in [0.05, 0.1) is 24.4 Å². The molecule has 1 aromatic rings. The molecule has 1 aromatic heterocycles. The second-order valence-electron chi connectivity index (χ2n) is 3.61. The number of aromatic nitrogens is 2. The lowest BCUT2D eigenvalue weighted by molar-refractivity contribution is 0.151. The van der Waals surface area contributed by atoms with Crippen molar-refractivity contribution in [3.8, 4) is 0 Å². The minimum atomic E-state index is -0.422. The van der Waals surface area contributed by atoms with Crippen LogP contribution in [0.4, 0.5) is 0 Å². The van der Waals surface area contributed by atoms with Crippen molar-refractivity contribution in [3.63, 3.8) is 0 Å². The molecule has 0 fully saturated rings. The zero-order valence-corrected chi connectivity index (χ0v) is 8.25. The highest BCUT2D eigenvalue weighted by Crippen LogP contribution is 2.13. The van der Waals surface area contributed by atoms with E-state index in [-0.39, 0.29) is 13.2 Å². The molecule has 0 aliphatic heterocycles. The van der Waals surface area contributed by atoms with Gasteiger partial charge in [-0.15, -0.1) is 0 Å². The lowest BCUT2D eigenvalue weighted by atomic mass is 10.1. The first kappa shape index (κ1) is 10.6. The first-order valence-electron chi connectivity index (χ1n) is 4.27. The number of hydrogen-bond donors (Lipinski definition) is 1. The predicted molar refractivity (Wildman–Crippen MR) is 51.5 cm³/mol. The van der Waals surface area contributed by atoms with Gasteiger partial charge in [-0.05, 0) is 25.4 Å². The van der Waals surface area contributed by atoms with Gasteiger partial charge in [-0.2, -0.15) is 5.10 Å². The fourth-order valence-corrected chi connectivity index (χ4v) is 0.960. The molecule has 0 radical (unpaired) electrons. The van der Waals surface area contributed by atoms with E-state index in [9.17, 15) is 0 Å². The average Bonchev–Trinajstić information content (AvgIpc) is 2.63. The lowest BCUT2D eigenvalue weighted by Crippen LogP contribution is -2.30. The van der Waals surface area contributed by atoms with E-state index in [2.05, 4.69) is 15.1 Å². The van der Waals surface area contributed by atoms with Crippen LogP contribution in [0, 0.1) is 0 Å². The van der Waals surface area contributed by atoms with E-state index < -0.39 is 5.54 Å². The monoisotopic (exact) mass is 195 g/mol. The van der Waals surface area contributed by atoms with Crippen LogP contribution < -0.4 is 0 Å². The molecule has 0 aromatic carbocycles. The summed E-state index contributed by atoms with van der Waals surface area (Å²) < 4.78 is 1.66. The van der Waals surface area contributed by atoms with Crippen LogP contribution in [0.25, 0.3) is 10.4 Å². The number of aliphatic hydroxyl groups excluding tert-OH is 1. The molecule has 1 heterocycles. The van der Waals surface area contributed by atoms with Gasteiger partial charge >= 0.3 is 0 Å². The highest BCUT2D eigenvalue weighted by molar-refractivity contribution is 5.00. The average molecular weight is 195 g/mol. The van der Waals surface area contributed by atoms with Gasteiger partial charge in [0.1, 0.15) is 0 Å². The Kier molecular flexibility index (Phi) is 3.11. The molecule has 0 aliphatic carbocycles. The van der Waals surface area contributed by atoms with E-state index in [1.807, 2.05) is 13.8 Å². The van der Waals surface area contributed by atoms with Crippen LogP contribution in [-0.4, -0.2) is 21.5 Å². The molecule has 0 aliphatic rings. The van der Waals surface area contributed by atoms with Gasteiger partial charge in [-0.25, -0.2) is 0 Å². The molecule has 0 amide bonds. The minimum Gasteiger partial charge on any atom is -0.394 e. The molecular weight excluding hydrogens is 182 g/mol. The van der Waals surface area contributed by atoms with Crippen LogP contribution in [0.1, 0.15) is 19.5 Å². The van der Waals surface area contributed by atoms with Gasteiger partial charge in [0.2, 0.25) is 0 Å². The Morgan fingerprint density at radius 3 is 3.00 bits per heavy atom. The van der Waals surface area contributed by atoms with Crippen LogP contribution in [0.3, 0.4) is 0 Å². The fraction of sp³-hybridized carbons (Fsp3) is 0.625. The van der Waals surface area contributed by atoms with Crippen molar-refractivity contribution in [2.75, 3.05) is 6.61 Å². The maximum atomic E-state index is 9.09. The summed E-state index contributed by atoms with van der Waals surface area (Å²) in [5.41, 5.74) is 8.40. The SMILES string of the molecule is CC(C)(CO)n1ccc(CN=[N+]=[N-])n1. The topological polar surface area (TPSA) is 86.8 Å². The molecule has 0 bridgehead atoms. The van der Waals surface area contributed by atoms with Crippen molar-refractivity contribution in [2.45, 2.75) is 25.9 Å². The normalized spacial score (nSPS) is 11.1. The number of azide groups is 1. The third-order valence-electron chi connectivity index (χ3n) is 1.95. The summed E-state index contributed by atoms with van der Waals surface area (Å²) in [7, 11) is 0. The molecule has 76 valence electrons. The number of nitrogens with zero attached hydrogens (tertiary/aromatic N) is 5. The second-order valence-corrected chi connectivity index (χ2v) is 3.61. The maximum absolute atomic E-state index is 9.09. The Bertz CT molecular complexity index is 350. The molecule has 0 atom stereocenters. The summed E-state index contributed by atoms with van der Waals surface area (Å²) in [4.78, 5) is 2.65. The first-order chi connectivity index (χ1) is 6.60. The van der Waals surface area contributed by atoms with Crippen LogP contribution in [0.15, 0.2) is 17.4 Å². The van der Waals surface area contributed by atoms with E-state index in [0.29, 0.717) is 5.69 Å². The Balaban J connectivity index is 2.82. The molecule has 6 heteroatoms. The lowest BCUT2D eigenvalue weighted by Gasteiger charge is -2.22. The summed E-state index contributed by atoms with van der Waals surface area (Å²) in [6.45, 7) is 4.00. The van der Waals surface area contributed by atoms with Gasteiger partial charge in [0, 0.05) is 11.1 Å². The van der Waals surface area contributed by atoms with Gasteiger partial charge in [-0.1, -0.05) is 5.11 Å². The van der Waals surface area contributed by atoms with Gasteiger partial charge < -0.3 is 5.11 Å². The van der Waals surface area contributed by atoms with Crippen LogP contribution >= 0.6 is 0 Å². The number of aliphatic hydroxyl groups is 1. The largest absolute Gasteiger partial charge is 0.394 e.